The zero-order valence-corrected chi connectivity index (χ0v) is 14.7. The van der Waals surface area contributed by atoms with Crippen molar-refractivity contribution in [3.8, 4) is 5.75 Å². The number of anilines is 1. The average molecular weight is 349 g/mol. The molecule has 25 heavy (non-hydrogen) atoms. The lowest BCUT2D eigenvalue weighted by molar-refractivity contribution is 0.340. The number of ether oxygens (including phenoxy) is 1. The summed E-state index contributed by atoms with van der Waals surface area (Å²) in [6.07, 6.45) is 1.77. The van der Waals surface area contributed by atoms with Crippen molar-refractivity contribution in [2.45, 2.75) is 6.92 Å². The highest BCUT2D eigenvalue weighted by atomic mass is 32.1. The van der Waals surface area contributed by atoms with E-state index in [0.717, 1.165) is 22.4 Å². The molecule has 2 N–H and O–H groups in total. The summed E-state index contributed by atoms with van der Waals surface area (Å²) in [6, 6.07) is 21.9. The lowest BCUT2D eigenvalue weighted by atomic mass is 10.1. The second-order valence-electron chi connectivity index (χ2n) is 5.35. The van der Waals surface area contributed by atoms with Crippen molar-refractivity contribution in [3.05, 3.63) is 72.3 Å². The van der Waals surface area contributed by atoms with Crippen molar-refractivity contribution in [1.29, 1.82) is 0 Å². The van der Waals surface area contributed by atoms with Crippen molar-refractivity contribution in [3.63, 3.8) is 0 Å². The van der Waals surface area contributed by atoms with E-state index in [0.29, 0.717) is 11.7 Å². The summed E-state index contributed by atoms with van der Waals surface area (Å²) in [5.74, 6) is 0.834. The summed E-state index contributed by atoms with van der Waals surface area (Å²) >= 11 is 5.26. The zero-order valence-electron chi connectivity index (χ0n) is 13.9. The monoisotopic (exact) mass is 349 g/mol. The first kappa shape index (κ1) is 16.9. The molecule has 5 heteroatoms. The van der Waals surface area contributed by atoms with Gasteiger partial charge in [0.1, 0.15) is 5.75 Å². The smallest absolute Gasteiger partial charge is 0.191 e. The van der Waals surface area contributed by atoms with Crippen molar-refractivity contribution in [1.82, 2.24) is 5.43 Å². The molecule has 0 amide bonds. The molecule has 0 aliphatic carbocycles. The van der Waals surface area contributed by atoms with Gasteiger partial charge in [-0.1, -0.05) is 42.5 Å². The number of hydrogen-bond acceptors (Lipinski definition) is 3. The molecule has 0 saturated carbocycles. The van der Waals surface area contributed by atoms with E-state index in [2.05, 4.69) is 34.0 Å². The molecule has 0 unspecified atom stereocenters. The summed E-state index contributed by atoms with van der Waals surface area (Å²) in [4.78, 5) is 0. The highest BCUT2D eigenvalue weighted by molar-refractivity contribution is 7.80. The van der Waals surface area contributed by atoms with E-state index in [4.69, 9.17) is 17.0 Å². The number of nitrogens with zero attached hydrogens (tertiary/aromatic N) is 1. The van der Waals surface area contributed by atoms with Gasteiger partial charge in [-0.3, -0.25) is 5.43 Å². The number of hydrazone groups is 1. The quantitative estimate of drug-likeness (QED) is 0.403. The molecule has 4 nitrogen and oxygen atoms in total. The van der Waals surface area contributed by atoms with Gasteiger partial charge >= 0.3 is 0 Å². The molecule has 3 rings (SSSR count). The van der Waals surface area contributed by atoms with Crippen molar-refractivity contribution >= 4 is 40.0 Å². The summed E-state index contributed by atoms with van der Waals surface area (Å²) < 4.78 is 5.42. The van der Waals surface area contributed by atoms with E-state index in [9.17, 15) is 0 Å². The van der Waals surface area contributed by atoms with Crippen LogP contribution in [-0.2, 0) is 0 Å². The van der Waals surface area contributed by atoms with Crippen LogP contribution in [0.4, 0.5) is 5.69 Å². The van der Waals surface area contributed by atoms with Gasteiger partial charge in [-0.05, 0) is 54.2 Å². The Morgan fingerprint density at radius 2 is 1.80 bits per heavy atom. The maximum absolute atomic E-state index is 5.42. The standard InChI is InChI=1S/C20H19N3OS/c1-2-24-18-12-10-17(11-13-18)22-20(25)23-21-14-16-8-5-7-15-6-3-4-9-19(15)16/h3-14H,2H2,1H3,(H2,22,23,25)/b21-14+. The molecule has 126 valence electrons. The molecular weight excluding hydrogens is 330 g/mol. The molecule has 3 aromatic carbocycles. The Balaban J connectivity index is 1.60. The molecule has 0 saturated heterocycles. The summed E-state index contributed by atoms with van der Waals surface area (Å²) in [6.45, 7) is 2.61. The normalized spacial score (nSPS) is 10.8. The Hall–Kier alpha value is -2.92. The fourth-order valence-corrected chi connectivity index (χ4v) is 2.65. The van der Waals surface area contributed by atoms with E-state index >= 15 is 0 Å². The van der Waals surface area contributed by atoms with Gasteiger partial charge in [0.2, 0.25) is 0 Å². The number of nitrogens with one attached hydrogen (secondary N) is 2. The molecule has 0 aromatic heterocycles. The largest absolute Gasteiger partial charge is 0.494 e. The first-order valence-corrected chi connectivity index (χ1v) is 8.48. The molecule has 0 heterocycles. The van der Waals surface area contributed by atoms with Crippen molar-refractivity contribution in [2.24, 2.45) is 5.10 Å². The lowest BCUT2D eigenvalue weighted by Crippen LogP contribution is -2.23. The fraction of sp³-hybridized carbons (Fsp3) is 0.100. The Bertz CT molecular complexity index is 886. The SMILES string of the molecule is CCOc1ccc(NC(=S)N/N=C/c2cccc3ccccc23)cc1. The highest BCUT2D eigenvalue weighted by Crippen LogP contribution is 2.17. The molecule has 0 atom stereocenters. The van der Waals surface area contributed by atoms with Gasteiger partial charge in [0.25, 0.3) is 0 Å². The molecule has 0 aliphatic rings. The van der Waals surface area contributed by atoms with Gasteiger partial charge < -0.3 is 10.1 Å². The summed E-state index contributed by atoms with van der Waals surface area (Å²) in [5, 5.41) is 10.1. The van der Waals surface area contributed by atoms with Crippen LogP contribution in [0.5, 0.6) is 5.75 Å². The highest BCUT2D eigenvalue weighted by Gasteiger charge is 1.99. The van der Waals surface area contributed by atoms with Crippen LogP contribution in [0.3, 0.4) is 0 Å². The third-order valence-electron chi connectivity index (χ3n) is 3.62. The third-order valence-corrected chi connectivity index (χ3v) is 3.81. The minimum atomic E-state index is 0.431. The minimum absolute atomic E-state index is 0.431. The predicted octanol–water partition coefficient (Wildman–Crippen LogP) is 4.56. The maximum Gasteiger partial charge on any atom is 0.191 e. The average Bonchev–Trinajstić information content (AvgIpc) is 2.64. The number of fused-ring (bicyclic) bond motifs is 1. The van der Waals surface area contributed by atoms with Crippen LogP contribution in [0.15, 0.2) is 71.8 Å². The molecule has 0 radical (unpaired) electrons. The number of thiocarbonyl (C=S) groups is 1. The van der Waals surface area contributed by atoms with E-state index in [1.807, 2.05) is 55.5 Å². The second-order valence-corrected chi connectivity index (χ2v) is 5.76. The lowest BCUT2D eigenvalue weighted by Gasteiger charge is -2.08. The number of rotatable bonds is 5. The van der Waals surface area contributed by atoms with Crippen LogP contribution in [0.1, 0.15) is 12.5 Å². The molecule has 0 bridgehead atoms. The van der Waals surface area contributed by atoms with Gasteiger partial charge in [0, 0.05) is 11.3 Å². The van der Waals surface area contributed by atoms with Gasteiger partial charge in [-0.25, -0.2) is 0 Å². The van der Waals surface area contributed by atoms with Crippen LogP contribution >= 0.6 is 12.2 Å². The van der Waals surface area contributed by atoms with Crippen LogP contribution in [0.25, 0.3) is 10.8 Å². The Kier molecular flexibility index (Phi) is 5.59. The first-order chi connectivity index (χ1) is 12.3. The third kappa shape index (κ3) is 4.55. The second kappa shape index (κ2) is 8.26. The summed E-state index contributed by atoms with van der Waals surface area (Å²) in [7, 11) is 0. The van der Waals surface area contributed by atoms with Gasteiger partial charge in [0.15, 0.2) is 5.11 Å². The van der Waals surface area contributed by atoms with Crippen LogP contribution < -0.4 is 15.5 Å². The van der Waals surface area contributed by atoms with Crippen molar-refractivity contribution in [2.75, 3.05) is 11.9 Å². The number of hydrogen-bond donors (Lipinski definition) is 2. The Morgan fingerprint density at radius 1 is 1.04 bits per heavy atom. The van der Waals surface area contributed by atoms with E-state index in [-0.39, 0.29) is 0 Å². The van der Waals surface area contributed by atoms with Crippen molar-refractivity contribution < 1.29 is 4.74 Å². The predicted molar refractivity (Wildman–Crippen MR) is 109 cm³/mol. The summed E-state index contributed by atoms with van der Waals surface area (Å²) in [5.41, 5.74) is 4.76. The van der Waals surface area contributed by atoms with Gasteiger partial charge in [-0.15, -0.1) is 0 Å². The maximum atomic E-state index is 5.42. The Morgan fingerprint density at radius 3 is 2.60 bits per heavy atom. The van der Waals surface area contributed by atoms with E-state index in [1.54, 1.807) is 6.21 Å². The molecule has 3 aromatic rings. The minimum Gasteiger partial charge on any atom is -0.494 e. The zero-order chi connectivity index (χ0) is 17.5. The number of benzene rings is 3. The molecule has 0 spiro atoms. The van der Waals surface area contributed by atoms with E-state index in [1.165, 1.54) is 5.39 Å². The van der Waals surface area contributed by atoms with Gasteiger partial charge in [-0.2, -0.15) is 5.10 Å². The first-order valence-electron chi connectivity index (χ1n) is 8.07. The van der Waals surface area contributed by atoms with Crippen LogP contribution in [0, 0.1) is 0 Å². The van der Waals surface area contributed by atoms with E-state index < -0.39 is 0 Å². The Labute approximate surface area is 152 Å². The molecule has 0 aliphatic heterocycles. The van der Waals surface area contributed by atoms with Gasteiger partial charge in [0.05, 0.1) is 12.8 Å². The topological polar surface area (TPSA) is 45.6 Å². The molecule has 0 fully saturated rings. The fourth-order valence-electron chi connectivity index (χ4n) is 2.48. The molecular formula is C20H19N3OS. The van der Waals surface area contributed by atoms with Crippen LogP contribution in [0.2, 0.25) is 0 Å². The van der Waals surface area contributed by atoms with Crippen LogP contribution in [-0.4, -0.2) is 17.9 Å².